The molecule has 0 spiro atoms. The lowest BCUT2D eigenvalue weighted by Crippen LogP contribution is -2.38. The predicted molar refractivity (Wildman–Crippen MR) is 139 cm³/mol. The van der Waals surface area contributed by atoms with Crippen molar-refractivity contribution in [3.05, 3.63) is 99.5 Å². The second-order valence-corrected chi connectivity index (χ2v) is 9.72. The number of hydrogen-bond donors (Lipinski definition) is 1. The van der Waals surface area contributed by atoms with Gasteiger partial charge in [0.15, 0.2) is 0 Å². The Kier molecular flexibility index (Phi) is 7.95. The van der Waals surface area contributed by atoms with E-state index in [1.807, 2.05) is 60.7 Å². The molecule has 0 radical (unpaired) electrons. The molecule has 3 nitrogen and oxygen atoms in total. The summed E-state index contributed by atoms with van der Waals surface area (Å²) >= 11 is 12.2. The smallest absolute Gasteiger partial charge is 0.251 e. The summed E-state index contributed by atoms with van der Waals surface area (Å²) in [5, 5.41) is 4.65. The number of amides is 1. The molecule has 4 rings (SSSR count). The van der Waals surface area contributed by atoms with Crippen LogP contribution in [0.1, 0.15) is 53.6 Å². The third-order valence-electron chi connectivity index (χ3n) is 6.48. The summed E-state index contributed by atoms with van der Waals surface area (Å²) in [5.41, 5.74) is 4.19. The minimum absolute atomic E-state index is 0.0530. The number of benzene rings is 3. The van der Waals surface area contributed by atoms with Crippen LogP contribution in [0, 0.1) is 0 Å². The van der Waals surface area contributed by atoms with Crippen molar-refractivity contribution < 1.29 is 4.79 Å². The Bertz CT molecular complexity index is 1040. The van der Waals surface area contributed by atoms with Crippen molar-refractivity contribution in [1.29, 1.82) is 0 Å². The second kappa shape index (κ2) is 11.1. The normalized spacial score (nSPS) is 15.7. The summed E-state index contributed by atoms with van der Waals surface area (Å²) in [6.07, 6.45) is 4.56. The minimum atomic E-state index is -0.0730. The van der Waals surface area contributed by atoms with Gasteiger partial charge in [-0.15, -0.1) is 0 Å². The van der Waals surface area contributed by atoms with Crippen LogP contribution in [0.25, 0.3) is 0 Å². The lowest BCUT2D eigenvalue weighted by atomic mass is 9.86. The number of rotatable bonds is 7. The summed E-state index contributed by atoms with van der Waals surface area (Å²) in [4.78, 5) is 15.5. The van der Waals surface area contributed by atoms with Gasteiger partial charge in [0.05, 0.1) is 0 Å². The van der Waals surface area contributed by atoms with Gasteiger partial charge in [-0.1, -0.05) is 47.5 Å². The van der Waals surface area contributed by atoms with E-state index in [0.29, 0.717) is 10.6 Å². The van der Waals surface area contributed by atoms with Crippen LogP contribution in [-0.2, 0) is 6.42 Å². The van der Waals surface area contributed by atoms with Crippen LogP contribution in [-0.4, -0.2) is 25.0 Å². The van der Waals surface area contributed by atoms with Crippen LogP contribution in [0.4, 0.5) is 5.69 Å². The molecule has 1 aliphatic heterocycles. The minimum Gasteiger partial charge on any atom is -0.372 e. The van der Waals surface area contributed by atoms with E-state index in [4.69, 9.17) is 23.2 Å². The molecule has 1 fully saturated rings. The van der Waals surface area contributed by atoms with Crippen molar-refractivity contribution in [3.63, 3.8) is 0 Å². The average Bonchev–Trinajstić information content (AvgIpc) is 2.85. The Morgan fingerprint density at radius 2 is 1.42 bits per heavy atom. The highest BCUT2D eigenvalue weighted by Crippen LogP contribution is 2.27. The highest BCUT2D eigenvalue weighted by molar-refractivity contribution is 6.30. The quantitative estimate of drug-likeness (QED) is 0.389. The van der Waals surface area contributed by atoms with Gasteiger partial charge in [0, 0.05) is 46.3 Å². The molecule has 172 valence electrons. The van der Waals surface area contributed by atoms with Gasteiger partial charge < -0.3 is 10.2 Å². The van der Waals surface area contributed by atoms with Gasteiger partial charge in [-0.25, -0.2) is 0 Å². The first-order chi connectivity index (χ1) is 16.0. The number of anilines is 1. The van der Waals surface area contributed by atoms with Crippen molar-refractivity contribution in [2.75, 3.05) is 18.0 Å². The Hall–Kier alpha value is -2.49. The van der Waals surface area contributed by atoms with E-state index >= 15 is 0 Å². The van der Waals surface area contributed by atoms with E-state index in [-0.39, 0.29) is 17.9 Å². The average molecular weight is 481 g/mol. The molecule has 3 aromatic carbocycles. The lowest BCUT2D eigenvalue weighted by Gasteiger charge is -2.29. The fourth-order valence-electron chi connectivity index (χ4n) is 4.53. The molecule has 0 aromatic heterocycles. The number of nitrogens with one attached hydrogen (secondary N) is 1. The first kappa shape index (κ1) is 23.7. The molecule has 0 aliphatic carbocycles. The van der Waals surface area contributed by atoms with E-state index in [9.17, 15) is 4.79 Å². The van der Waals surface area contributed by atoms with Gasteiger partial charge in [0.2, 0.25) is 0 Å². The Morgan fingerprint density at radius 3 is 2.03 bits per heavy atom. The highest BCUT2D eigenvalue weighted by Gasteiger charge is 2.22. The maximum atomic E-state index is 13.1. The fourth-order valence-corrected chi connectivity index (χ4v) is 4.79. The highest BCUT2D eigenvalue weighted by atomic mass is 35.5. The van der Waals surface area contributed by atoms with E-state index in [1.54, 1.807) is 0 Å². The molecule has 1 saturated heterocycles. The zero-order valence-electron chi connectivity index (χ0n) is 18.9. The summed E-state index contributed by atoms with van der Waals surface area (Å²) in [6.45, 7) is 4.25. The Morgan fingerprint density at radius 1 is 0.848 bits per heavy atom. The molecule has 1 heterocycles. The number of nitrogens with zero attached hydrogens (tertiary/aromatic N) is 1. The van der Waals surface area contributed by atoms with Gasteiger partial charge in [0.25, 0.3) is 5.91 Å². The fraction of sp³-hybridized carbons (Fsp3) is 0.321. The van der Waals surface area contributed by atoms with Crippen molar-refractivity contribution >= 4 is 34.8 Å². The summed E-state index contributed by atoms with van der Waals surface area (Å²) < 4.78 is 0. The van der Waals surface area contributed by atoms with Crippen molar-refractivity contribution in [2.24, 2.45) is 0 Å². The number of hydrogen-bond acceptors (Lipinski definition) is 2. The van der Waals surface area contributed by atoms with E-state index in [1.165, 1.54) is 30.5 Å². The van der Waals surface area contributed by atoms with Crippen molar-refractivity contribution in [1.82, 2.24) is 5.32 Å². The predicted octanol–water partition coefficient (Wildman–Crippen LogP) is 7.13. The van der Waals surface area contributed by atoms with Crippen LogP contribution >= 0.6 is 23.2 Å². The van der Waals surface area contributed by atoms with Crippen LogP contribution < -0.4 is 10.2 Å². The molecule has 3 aromatic rings. The third kappa shape index (κ3) is 6.31. The first-order valence-corrected chi connectivity index (χ1v) is 12.4. The summed E-state index contributed by atoms with van der Waals surface area (Å²) in [7, 11) is 0. The van der Waals surface area contributed by atoms with Crippen LogP contribution in [0.15, 0.2) is 72.8 Å². The molecule has 33 heavy (non-hydrogen) atoms. The van der Waals surface area contributed by atoms with Gasteiger partial charge in [0.1, 0.15) is 0 Å². The molecule has 2 atom stereocenters. The molecular weight excluding hydrogens is 451 g/mol. The van der Waals surface area contributed by atoms with Crippen LogP contribution in [0.3, 0.4) is 0 Å². The standard InChI is InChI=1S/C28H30Cl2N2O/c1-20(31-28(33)23-9-15-26(16-10-23)32-17-3-2-4-18-32)27(22-7-13-25(30)14-8-22)19-21-5-11-24(29)12-6-21/h5-16,20,27H,2-4,17-19H2,1H3,(H,31,33)/t20-,27+/m1/s1. The van der Waals surface area contributed by atoms with Gasteiger partial charge in [-0.3, -0.25) is 4.79 Å². The zero-order valence-corrected chi connectivity index (χ0v) is 20.4. The third-order valence-corrected chi connectivity index (χ3v) is 6.98. The number of piperidine rings is 1. The lowest BCUT2D eigenvalue weighted by molar-refractivity contribution is 0.0934. The van der Waals surface area contributed by atoms with Crippen molar-refractivity contribution in [2.45, 2.75) is 44.6 Å². The molecule has 0 unspecified atom stereocenters. The van der Waals surface area contributed by atoms with Gasteiger partial charge >= 0.3 is 0 Å². The summed E-state index contributed by atoms with van der Waals surface area (Å²) in [6, 6.07) is 23.7. The molecule has 0 bridgehead atoms. The largest absolute Gasteiger partial charge is 0.372 e. The molecular formula is C28H30Cl2N2O. The zero-order chi connectivity index (χ0) is 23.2. The molecule has 0 saturated carbocycles. The van der Waals surface area contributed by atoms with Gasteiger partial charge in [-0.2, -0.15) is 0 Å². The Balaban J connectivity index is 1.48. The SMILES string of the molecule is C[C@@H](NC(=O)c1ccc(N2CCCCC2)cc1)[C@H](Cc1ccc(Cl)cc1)c1ccc(Cl)cc1. The van der Waals surface area contributed by atoms with E-state index in [0.717, 1.165) is 30.1 Å². The molecule has 5 heteroatoms. The maximum Gasteiger partial charge on any atom is 0.251 e. The number of carbonyl (C=O) groups excluding carboxylic acids is 1. The van der Waals surface area contributed by atoms with Gasteiger partial charge in [-0.05, 0) is 92.3 Å². The van der Waals surface area contributed by atoms with Crippen LogP contribution in [0.5, 0.6) is 0 Å². The number of carbonyl (C=O) groups is 1. The second-order valence-electron chi connectivity index (χ2n) is 8.85. The van der Waals surface area contributed by atoms with Crippen LogP contribution in [0.2, 0.25) is 10.0 Å². The van der Waals surface area contributed by atoms with Crippen molar-refractivity contribution in [3.8, 4) is 0 Å². The Labute approximate surface area is 206 Å². The maximum absolute atomic E-state index is 13.1. The monoisotopic (exact) mass is 480 g/mol. The first-order valence-electron chi connectivity index (χ1n) is 11.7. The topological polar surface area (TPSA) is 32.3 Å². The molecule has 1 amide bonds. The molecule has 1 aliphatic rings. The summed E-state index contributed by atoms with van der Waals surface area (Å²) in [5.74, 6) is 0.0442. The molecule has 1 N–H and O–H groups in total. The van der Waals surface area contributed by atoms with E-state index < -0.39 is 0 Å². The van der Waals surface area contributed by atoms with E-state index in [2.05, 4.69) is 29.3 Å². The number of halogens is 2.